The van der Waals surface area contributed by atoms with Gasteiger partial charge in [-0.05, 0) is 49.9 Å². The predicted molar refractivity (Wildman–Crippen MR) is 88.8 cm³/mol. The summed E-state index contributed by atoms with van der Waals surface area (Å²) in [6, 6.07) is 12.6. The summed E-state index contributed by atoms with van der Waals surface area (Å²) in [6.45, 7) is 5.58. The van der Waals surface area contributed by atoms with E-state index in [0.717, 1.165) is 29.6 Å². The van der Waals surface area contributed by atoms with Gasteiger partial charge >= 0.3 is 0 Å². The van der Waals surface area contributed by atoms with Gasteiger partial charge in [0.25, 0.3) is 0 Å². The van der Waals surface area contributed by atoms with Gasteiger partial charge in [0, 0.05) is 6.04 Å². The molecule has 114 valence electrons. The topological polar surface area (TPSA) is 34.4 Å². The highest BCUT2D eigenvalue weighted by Gasteiger charge is 2.07. The van der Waals surface area contributed by atoms with Crippen molar-refractivity contribution in [2.45, 2.75) is 32.2 Å². The van der Waals surface area contributed by atoms with Gasteiger partial charge in [-0.2, -0.15) is 11.8 Å². The van der Waals surface area contributed by atoms with Gasteiger partial charge in [-0.15, -0.1) is 0 Å². The highest BCUT2D eigenvalue weighted by atomic mass is 32.2. The summed E-state index contributed by atoms with van der Waals surface area (Å²) in [4.78, 5) is 0. The first-order valence-electron chi connectivity index (χ1n) is 7.25. The van der Waals surface area contributed by atoms with E-state index in [9.17, 15) is 0 Å². The third kappa shape index (κ3) is 4.83. The molecule has 0 aliphatic heterocycles. The van der Waals surface area contributed by atoms with Crippen LogP contribution in [0.1, 0.15) is 37.0 Å². The maximum absolute atomic E-state index is 5.76. The van der Waals surface area contributed by atoms with Crippen LogP contribution in [0.25, 0.3) is 0 Å². The second-order valence-electron chi connectivity index (χ2n) is 4.91. The van der Waals surface area contributed by atoms with Gasteiger partial charge in [-0.25, -0.2) is 0 Å². The SMILES string of the molecule is CCOc1ccc(C(C)NCc2ccc(CSC)o2)cc1. The van der Waals surface area contributed by atoms with Crippen LogP contribution in [0.2, 0.25) is 0 Å². The molecule has 1 atom stereocenters. The van der Waals surface area contributed by atoms with E-state index in [2.05, 4.69) is 36.7 Å². The number of benzene rings is 1. The smallest absolute Gasteiger partial charge is 0.119 e. The lowest BCUT2D eigenvalue weighted by Crippen LogP contribution is -2.17. The van der Waals surface area contributed by atoms with Crippen LogP contribution in [0.4, 0.5) is 0 Å². The second-order valence-corrected chi connectivity index (χ2v) is 5.77. The lowest BCUT2D eigenvalue weighted by Gasteiger charge is -2.14. The van der Waals surface area contributed by atoms with Gasteiger partial charge in [0.15, 0.2) is 0 Å². The Morgan fingerprint density at radius 3 is 2.52 bits per heavy atom. The van der Waals surface area contributed by atoms with Crippen molar-refractivity contribution in [1.29, 1.82) is 0 Å². The molecule has 4 heteroatoms. The summed E-state index contributed by atoms with van der Waals surface area (Å²) in [5.74, 6) is 3.86. The fourth-order valence-electron chi connectivity index (χ4n) is 2.13. The summed E-state index contributed by atoms with van der Waals surface area (Å²) in [6.07, 6.45) is 2.08. The van der Waals surface area contributed by atoms with E-state index >= 15 is 0 Å². The van der Waals surface area contributed by atoms with Crippen molar-refractivity contribution in [3.05, 3.63) is 53.5 Å². The van der Waals surface area contributed by atoms with Gasteiger partial charge in [0.1, 0.15) is 17.3 Å². The van der Waals surface area contributed by atoms with Crippen molar-refractivity contribution in [1.82, 2.24) is 5.32 Å². The Balaban J connectivity index is 1.86. The molecule has 0 amide bonds. The van der Waals surface area contributed by atoms with Crippen LogP contribution in [0.5, 0.6) is 5.75 Å². The molecule has 0 aliphatic carbocycles. The van der Waals surface area contributed by atoms with E-state index in [4.69, 9.17) is 9.15 Å². The van der Waals surface area contributed by atoms with Gasteiger partial charge in [-0.1, -0.05) is 12.1 Å². The normalized spacial score (nSPS) is 12.3. The third-order valence-electron chi connectivity index (χ3n) is 3.28. The Labute approximate surface area is 131 Å². The van der Waals surface area contributed by atoms with Crippen LogP contribution in [-0.2, 0) is 12.3 Å². The number of nitrogens with one attached hydrogen (secondary N) is 1. The highest BCUT2D eigenvalue weighted by molar-refractivity contribution is 7.97. The van der Waals surface area contributed by atoms with Crippen LogP contribution in [0.3, 0.4) is 0 Å². The molecular weight excluding hydrogens is 282 g/mol. The maximum Gasteiger partial charge on any atom is 0.119 e. The first kappa shape index (κ1) is 16.0. The summed E-state index contributed by atoms with van der Waals surface area (Å²) < 4.78 is 11.2. The largest absolute Gasteiger partial charge is 0.494 e. The van der Waals surface area contributed by atoms with Crippen molar-refractivity contribution in [3.8, 4) is 5.75 Å². The first-order chi connectivity index (χ1) is 10.2. The van der Waals surface area contributed by atoms with Crippen molar-refractivity contribution in [2.24, 2.45) is 0 Å². The lowest BCUT2D eigenvalue weighted by molar-refractivity contribution is 0.340. The zero-order valence-electron chi connectivity index (χ0n) is 12.9. The van der Waals surface area contributed by atoms with Crippen LogP contribution in [0, 0.1) is 0 Å². The summed E-state index contributed by atoms with van der Waals surface area (Å²) in [7, 11) is 0. The molecular formula is C17H23NO2S. The fraction of sp³-hybridized carbons (Fsp3) is 0.412. The van der Waals surface area contributed by atoms with Gasteiger partial charge in [0.2, 0.25) is 0 Å². The van der Waals surface area contributed by atoms with E-state index in [1.807, 2.05) is 25.1 Å². The minimum absolute atomic E-state index is 0.273. The zero-order chi connectivity index (χ0) is 15.1. The van der Waals surface area contributed by atoms with Gasteiger partial charge in [-0.3, -0.25) is 0 Å². The maximum atomic E-state index is 5.76. The van der Waals surface area contributed by atoms with Crippen molar-refractivity contribution >= 4 is 11.8 Å². The van der Waals surface area contributed by atoms with E-state index in [-0.39, 0.29) is 6.04 Å². The molecule has 1 unspecified atom stereocenters. The van der Waals surface area contributed by atoms with E-state index in [1.54, 1.807) is 11.8 Å². The molecule has 2 rings (SSSR count). The van der Waals surface area contributed by atoms with E-state index < -0.39 is 0 Å². The molecule has 0 spiro atoms. The Bertz CT molecular complexity index is 536. The van der Waals surface area contributed by atoms with E-state index in [0.29, 0.717) is 6.61 Å². The molecule has 0 fully saturated rings. The second kappa shape index (κ2) is 8.15. The molecule has 1 heterocycles. The van der Waals surface area contributed by atoms with Crippen LogP contribution in [0.15, 0.2) is 40.8 Å². The molecule has 3 nitrogen and oxygen atoms in total. The van der Waals surface area contributed by atoms with Crippen LogP contribution < -0.4 is 10.1 Å². The first-order valence-corrected chi connectivity index (χ1v) is 8.65. The molecule has 0 saturated heterocycles. The van der Waals surface area contributed by atoms with Crippen LogP contribution in [-0.4, -0.2) is 12.9 Å². The fourth-order valence-corrected chi connectivity index (χ4v) is 2.57. The standard InChI is InChI=1S/C17H23NO2S/c1-4-19-15-7-5-14(6-8-15)13(2)18-11-16-9-10-17(20-16)12-21-3/h5-10,13,18H,4,11-12H2,1-3H3. The summed E-state index contributed by atoms with van der Waals surface area (Å²) in [5.41, 5.74) is 1.24. The van der Waals surface area contributed by atoms with Crippen LogP contribution >= 0.6 is 11.8 Å². The van der Waals surface area contributed by atoms with Crippen molar-refractivity contribution in [2.75, 3.05) is 12.9 Å². The Hall–Kier alpha value is -1.39. The average molecular weight is 305 g/mol. The minimum Gasteiger partial charge on any atom is -0.494 e. The minimum atomic E-state index is 0.273. The molecule has 0 saturated carbocycles. The molecule has 1 aromatic heterocycles. The predicted octanol–water partition coefficient (Wildman–Crippen LogP) is 4.39. The lowest BCUT2D eigenvalue weighted by atomic mass is 10.1. The van der Waals surface area contributed by atoms with Gasteiger partial charge < -0.3 is 14.5 Å². The monoisotopic (exact) mass is 305 g/mol. The zero-order valence-corrected chi connectivity index (χ0v) is 13.7. The number of hydrogen-bond donors (Lipinski definition) is 1. The molecule has 0 bridgehead atoms. The van der Waals surface area contributed by atoms with Crippen molar-refractivity contribution < 1.29 is 9.15 Å². The average Bonchev–Trinajstić information content (AvgIpc) is 2.94. The summed E-state index contributed by atoms with van der Waals surface area (Å²) >= 11 is 1.77. The molecule has 0 radical (unpaired) electrons. The number of furan rings is 1. The van der Waals surface area contributed by atoms with Gasteiger partial charge in [0.05, 0.1) is 18.9 Å². The van der Waals surface area contributed by atoms with E-state index in [1.165, 1.54) is 5.56 Å². The molecule has 0 aliphatic rings. The number of thioether (sulfide) groups is 1. The Morgan fingerprint density at radius 1 is 1.14 bits per heavy atom. The molecule has 2 aromatic rings. The molecule has 1 N–H and O–H groups in total. The number of rotatable bonds is 8. The van der Waals surface area contributed by atoms with Crippen molar-refractivity contribution in [3.63, 3.8) is 0 Å². The summed E-state index contributed by atoms with van der Waals surface area (Å²) in [5, 5.41) is 3.48. The Kier molecular flexibility index (Phi) is 6.21. The quantitative estimate of drug-likeness (QED) is 0.784. The third-order valence-corrected chi connectivity index (χ3v) is 3.85. The molecule has 1 aromatic carbocycles. The highest BCUT2D eigenvalue weighted by Crippen LogP contribution is 2.19. The number of hydrogen-bond acceptors (Lipinski definition) is 4. The Morgan fingerprint density at radius 2 is 1.86 bits per heavy atom. The number of ether oxygens (including phenoxy) is 1. The molecule has 21 heavy (non-hydrogen) atoms.